The Morgan fingerprint density at radius 2 is 0.947 bits per heavy atom. The van der Waals surface area contributed by atoms with E-state index in [1.165, 1.54) is 0 Å². The molecule has 0 radical (unpaired) electrons. The summed E-state index contributed by atoms with van der Waals surface area (Å²) in [6.07, 6.45) is 0. The van der Waals surface area contributed by atoms with E-state index in [0.717, 1.165) is 22.5 Å². The Hall–Kier alpha value is -2.09. The number of anilines is 2. The summed E-state index contributed by atoms with van der Waals surface area (Å²) < 4.78 is 25.2. The molecule has 2 rings (SSSR count). The Balaban J connectivity index is 0.000000312. The third kappa shape index (κ3) is 6.41. The fourth-order valence-electron chi connectivity index (χ4n) is 1.35. The van der Waals surface area contributed by atoms with Gasteiger partial charge in [0, 0.05) is 11.4 Å². The first-order chi connectivity index (χ1) is 8.75. The maximum Gasteiger partial charge on any atom is 0.330 e. The molecule has 2 aromatic carbocycles. The number of hydrogen-bond donors (Lipinski definition) is 4. The summed E-state index contributed by atoms with van der Waals surface area (Å²) in [6.45, 7) is 0. The van der Waals surface area contributed by atoms with Gasteiger partial charge in [0.05, 0.1) is 0 Å². The van der Waals surface area contributed by atoms with Crippen LogP contribution >= 0.6 is 0 Å². The standard InChI is InChI=1S/C12H12N2.H3NO3S/c13-11-5-1-9(2-6-11)10-3-7-12(14)8-4-10;1-5(2,3)4/h1-8H,13-14H2;(H3,1,2,3,4). The van der Waals surface area contributed by atoms with Gasteiger partial charge in [0.15, 0.2) is 0 Å². The quantitative estimate of drug-likeness (QED) is 0.461. The van der Waals surface area contributed by atoms with Crippen molar-refractivity contribution in [2.75, 3.05) is 11.5 Å². The molecule has 19 heavy (non-hydrogen) atoms. The molecule has 0 aliphatic heterocycles. The van der Waals surface area contributed by atoms with E-state index in [9.17, 15) is 0 Å². The van der Waals surface area contributed by atoms with Gasteiger partial charge in [0.25, 0.3) is 0 Å². The van der Waals surface area contributed by atoms with Gasteiger partial charge in [-0.1, -0.05) is 24.3 Å². The molecular weight excluding hydrogens is 266 g/mol. The van der Waals surface area contributed by atoms with Gasteiger partial charge in [-0.05, 0) is 35.4 Å². The lowest BCUT2D eigenvalue weighted by atomic mass is 10.1. The zero-order valence-corrected chi connectivity index (χ0v) is 10.8. The number of nitrogen functional groups attached to an aromatic ring is 2. The topological polar surface area (TPSA) is 132 Å². The van der Waals surface area contributed by atoms with E-state index >= 15 is 0 Å². The van der Waals surface area contributed by atoms with Crippen LogP contribution in [0.15, 0.2) is 48.5 Å². The molecule has 0 aromatic heterocycles. The SMILES string of the molecule is NS(=O)(=O)O.Nc1ccc(-c2ccc(N)cc2)cc1. The molecule has 6 nitrogen and oxygen atoms in total. The lowest BCUT2D eigenvalue weighted by Gasteiger charge is -2.02. The molecule has 2 aromatic rings. The number of rotatable bonds is 1. The summed E-state index contributed by atoms with van der Waals surface area (Å²) in [5.74, 6) is 0. The van der Waals surface area contributed by atoms with Crippen molar-refractivity contribution < 1.29 is 13.0 Å². The highest BCUT2D eigenvalue weighted by Gasteiger charge is 1.95. The number of benzene rings is 2. The lowest BCUT2D eigenvalue weighted by Crippen LogP contribution is -2.08. The Morgan fingerprint density at radius 1 is 0.737 bits per heavy atom. The van der Waals surface area contributed by atoms with Crippen LogP contribution in [0.1, 0.15) is 0 Å². The zero-order valence-electron chi connectivity index (χ0n) is 10.0. The third-order valence-corrected chi connectivity index (χ3v) is 2.15. The lowest BCUT2D eigenvalue weighted by molar-refractivity contribution is 0.485. The van der Waals surface area contributed by atoms with Gasteiger partial charge >= 0.3 is 10.3 Å². The molecule has 7 N–H and O–H groups in total. The van der Waals surface area contributed by atoms with E-state index in [2.05, 4.69) is 5.14 Å². The van der Waals surface area contributed by atoms with Crippen LogP contribution in [0.3, 0.4) is 0 Å². The van der Waals surface area contributed by atoms with Gasteiger partial charge in [-0.25, -0.2) is 5.14 Å². The fourth-order valence-corrected chi connectivity index (χ4v) is 1.35. The van der Waals surface area contributed by atoms with E-state index in [0.29, 0.717) is 0 Å². The predicted octanol–water partition coefficient (Wildman–Crippen LogP) is 1.27. The summed E-state index contributed by atoms with van der Waals surface area (Å²) >= 11 is 0. The van der Waals surface area contributed by atoms with Crippen molar-refractivity contribution in [1.29, 1.82) is 0 Å². The van der Waals surface area contributed by atoms with Crippen molar-refractivity contribution in [2.24, 2.45) is 5.14 Å². The first-order valence-electron chi connectivity index (χ1n) is 5.22. The molecule has 102 valence electrons. The van der Waals surface area contributed by atoms with Crippen molar-refractivity contribution in [3.05, 3.63) is 48.5 Å². The molecule has 7 heteroatoms. The molecule has 0 aliphatic carbocycles. The Labute approximate surface area is 111 Å². The second-order valence-corrected chi connectivity index (χ2v) is 4.79. The molecule has 0 atom stereocenters. The van der Waals surface area contributed by atoms with Crippen LogP contribution in [0.4, 0.5) is 11.4 Å². The fraction of sp³-hybridized carbons (Fsp3) is 0. The number of nitrogens with two attached hydrogens (primary N) is 3. The molecule has 0 heterocycles. The van der Waals surface area contributed by atoms with E-state index < -0.39 is 10.3 Å². The van der Waals surface area contributed by atoms with Crippen LogP contribution in [0, 0.1) is 0 Å². The summed E-state index contributed by atoms with van der Waals surface area (Å²) in [5.41, 5.74) is 15.1. The van der Waals surface area contributed by atoms with Crippen LogP contribution in [0.2, 0.25) is 0 Å². The summed E-state index contributed by atoms with van der Waals surface area (Å²) in [4.78, 5) is 0. The first kappa shape index (κ1) is 15.0. The highest BCUT2D eigenvalue weighted by Crippen LogP contribution is 2.21. The van der Waals surface area contributed by atoms with Crippen LogP contribution in [-0.4, -0.2) is 13.0 Å². The third-order valence-electron chi connectivity index (χ3n) is 2.15. The van der Waals surface area contributed by atoms with Crippen LogP contribution in [0.5, 0.6) is 0 Å². The number of hydrogen-bond acceptors (Lipinski definition) is 4. The Bertz CT molecular complexity index is 571. The summed E-state index contributed by atoms with van der Waals surface area (Å²) in [6, 6.07) is 15.6. The van der Waals surface area contributed by atoms with Crippen LogP contribution in [-0.2, 0) is 10.3 Å². The van der Waals surface area contributed by atoms with E-state index in [-0.39, 0.29) is 0 Å². The van der Waals surface area contributed by atoms with Crippen molar-refractivity contribution in [3.8, 4) is 11.1 Å². The van der Waals surface area contributed by atoms with Gasteiger partial charge < -0.3 is 11.5 Å². The average Bonchev–Trinajstić information content (AvgIpc) is 2.29. The highest BCUT2D eigenvalue weighted by molar-refractivity contribution is 7.83. The maximum atomic E-state index is 8.97. The van der Waals surface area contributed by atoms with Gasteiger partial charge in [0.2, 0.25) is 0 Å². The van der Waals surface area contributed by atoms with Crippen molar-refractivity contribution in [3.63, 3.8) is 0 Å². The second kappa shape index (κ2) is 6.19. The van der Waals surface area contributed by atoms with Gasteiger partial charge in [-0.15, -0.1) is 0 Å². The molecule has 0 amide bonds. The minimum absolute atomic E-state index is 0.782. The second-order valence-electron chi connectivity index (χ2n) is 3.76. The van der Waals surface area contributed by atoms with Crippen molar-refractivity contribution in [1.82, 2.24) is 0 Å². The normalized spacial score (nSPS) is 10.4. The van der Waals surface area contributed by atoms with Crippen LogP contribution < -0.4 is 16.6 Å². The van der Waals surface area contributed by atoms with E-state index in [1.54, 1.807) is 0 Å². The maximum absolute atomic E-state index is 8.97. The minimum Gasteiger partial charge on any atom is -0.399 e. The minimum atomic E-state index is -4.17. The molecule has 0 fully saturated rings. The van der Waals surface area contributed by atoms with Gasteiger partial charge in [-0.2, -0.15) is 8.42 Å². The largest absolute Gasteiger partial charge is 0.399 e. The molecule has 0 bridgehead atoms. The molecule has 0 saturated carbocycles. The van der Waals surface area contributed by atoms with E-state index in [1.807, 2.05) is 48.5 Å². The smallest absolute Gasteiger partial charge is 0.330 e. The van der Waals surface area contributed by atoms with Crippen molar-refractivity contribution >= 4 is 21.7 Å². The molecule has 0 aliphatic rings. The first-order valence-corrected chi connectivity index (χ1v) is 6.72. The molecule has 0 spiro atoms. The predicted molar refractivity (Wildman–Crippen MR) is 76.4 cm³/mol. The average molecular weight is 281 g/mol. The monoisotopic (exact) mass is 281 g/mol. The Morgan fingerprint density at radius 3 is 1.16 bits per heavy atom. The highest BCUT2D eigenvalue weighted by atomic mass is 32.2. The summed E-state index contributed by atoms with van der Waals surface area (Å²) in [7, 11) is -4.17. The van der Waals surface area contributed by atoms with Crippen LogP contribution in [0.25, 0.3) is 11.1 Å². The van der Waals surface area contributed by atoms with Gasteiger partial charge in [0.1, 0.15) is 0 Å². The molecule has 0 saturated heterocycles. The summed E-state index contributed by atoms with van der Waals surface area (Å²) in [5, 5.41) is 3.88. The van der Waals surface area contributed by atoms with Gasteiger partial charge in [-0.3, -0.25) is 4.55 Å². The van der Waals surface area contributed by atoms with Crippen molar-refractivity contribution in [2.45, 2.75) is 0 Å². The van der Waals surface area contributed by atoms with E-state index in [4.69, 9.17) is 24.4 Å². The Kier molecular flexibility index (Phi) is 4.87. The molecular formula is C12H15N3O3S. The zero-order chi connectivity index (χ0) is 14.5. The molecule has 0 unspecified atom stereocenters.